The Morgan fingerprint density at radius 2 is 1.95 bits per heavy atom. The zero-order valence-electron chi connectivity index (χ0n) is 10.5. The minimum Gasteiger partial charge on any atom is -0.349 e. The summed E-state index contributed by atoms with van der Waals surface area (Å²) in [6, 6.07) is 4.14. The van der Waals surface area contributed by atoms with E-state index in [0.717, 1.165) is 12.1 Å². The molecule has 1 rings (SSSR count). The van der Waals surface area contributed by atoms with Gasteiger partial charge in [0, 0.05) is 0 Å². The summed E-state index contributed by atoms with van der Waals surface area (Å²) in [4.78, 5) is 22.1. The molecule has 0 aliphatic carbocycles. The van der Waals surface area contributed by atoms with Crippen molar-refractivity contribution in [3.63, 3.8) is 0 Å². The fourth-order valence-corrected chi connectivity index (χ4v) is 1.59. The molecular formula is C13H14F3NO2. The van der Waals surface area contributed by atoms with Gasteiger partial charge >= 0.3 is 6.18 Å². The first-order valence-corrected chi connectivity index (χ1v) is 5.66. The number of hydrogen-bond acceptors (Lipinski definition) is 2. The number of alkyl halides is 3. The van der Waals surface area contributed by atoms with Gasteiger partial charge in [-0.3, -0.25) is 9.59 Å². The monoisotopic (exact) mass is 273 g/mol. The van der Waals surface area contributed by atoms with Crippen LogP contribution in [0.15, 0.2) is 24.3 Å². The largest absolute Gasteiger partial charge is 0.416 e. The first-order valence-electron chi connectivity index (χ1n) is 5.66. The second kappa shape index (κ2) is 5.86. The predicted octanol–water partition coefficient (Wildman–Crippen LogP) is 2.86. The summed E-state index contributed by atoms with van der Waals surface area (Å²) in [6.07, 6.45) is -4.69. The molecule has 0 fully saturated rings. The van der Waals surface area contributed by atoms with Crippen LogP contribution in [0.3, 0.4) is 0 Å². The Hall–Kier alpha value is -1.85. The number of halogens is 3. The second-order valence-electron chi connectivity index (χ2n) is 4.29. The third-order valence-electron chi connectivity index (χ3n) is 2.50. The maximum absolute atomic E-state index is 12.5. The molecule has 0 spiro atoms. The van der Waals surface area contributed by atoms with Crippen LogP contribution in [0.25, 0.3) is 0 Å². The molecule has 19 heavy (non-hydrogen) atoms. The number of carbonyl (C=O) groups excluding carboxylic acids is 2. The molecule has 0 heterocycles. The number of Topliss-reactive ketones (excluding diaryl/α,β-unsaturated/α-hetero) is 1. The van der Waals surface area contributed by atoms with E-state index in [4.69, 9.17) is 0 Å². The average Bonchev–Trinajstić information content (AvgIpc) is 2.26. The number of carbonyl (C=O) groups is 2. The van der Waals surface area contributed by atoms with Crippen molar-refractivity contribution in [2.75, 3.05) is 0 Å². The fraction of sp³-hybridized carbons (Fsp3) is 0.385. The van der Waals surface area contributed by atoms with Crippen molar-refractivity contribution < 1.29 is 22.8 Å². The molecule has 6 heteroatoms. The van der Waals surface area contributed by atoms with Gasteiger partial charge in [-0.2, -0.15) is 13.2 Å². The summed E-state index contributed by atoms with van der Waals surface area (Å²) in [5, 5.41) is 2.48. The van der Waals surface area contributed by atoms with Crippen LogP contribution in [0.5, 0.6) is 0 Å². The number of rotatable bonds is 4. The van der Waals surface area contributed by atoms with Crippen LogP contribution < -0.4 is 5.32 Å². The third kappa shape index (κ3) is 4.73. The zero-order chi connectivity index (χ0) is 14.6. The quantitative estimate of drug-likeness (QED) is 0.857. The molecule has 0 radical (unpaired) electrons. The lowest BCUT2D eigenvalue weighted by Crippen LogP contribution is -2.28. The standard InChI is InChI=1S/C13H14F3NO2/c1-8(18)6-12(19)17-9(2)10-4-3-5-11(7-10)13(14,15)16/h3-5,7,9H,6H2,1-2H3,(H,17,19). The van der Waals surface area contributed by atoms with Gasteiger partial charge in [-0.15, -0.1) is 0 Å². The highest BCUT2D eigenvalue weighted by Gasteiger charge is 2.30. The van der Waals surface area contributed by atoms with Gasteiger partial charge in [0.2, 0.25) is 5.91 Å². The van der Waals surface area contributed by atoms with Gasteiger partial charge < -0.3 is 5.32 Å². The summed E-state index contributed by atoms with van der Waals surface area (Å²) in [6.45, 7) is 2.84. The van der Waals surface area contributed by atoms with Gasteiger partial charge in [-0.05, 0) is 31.5 Å². The highest BCUT2D eigenvalue weighted by Crippen LogP contribution is 2.30. The lowest BCUT2D eigenvalue weighted by atomic mass is 10.0. The number of benzene rings is 1. The van der Waals surface area contributed by atoms with Crippen LogP contribution in [0.1, 0.15) is 37.4 Å². The van der Waals surface area contributed by atoms with Crippen molar-refractivity contribution in [3.05, 3.63) is 35.4 Å². The lowest BCUT2D eigenvalue weighted by Gasteiger charge is -2.15. The second-order valence-corrected chi connectivity index (χ2v) is 4.29. The Morgan fingerprint density at radius 1 is 1.32 bits per heavy atom. The van der Waals surface area contributed by atoms with Gasteiger partial charge in [0.05, 0.1) is 18.0 Å². The first-order chi connectivity index (χ1) is 8.70. The normalized spacial score (nSPS) is 12.9. The molecule has 104 valence electrons. The van der Waals surface area contributed by atoms with E-state index >= 15 is 0 Å². The van der Waals surface area contributed by atoms with E-state index in [1.54, 1.807) is 6.92 Å². The number of amides is 1. The van der Waals surface area contributed by atoms with Crippen molar-refractivity contribution in [2.24, 2.45) is 0 Å². The highest BCUT2D eigenvalue weighted by atomic mass is 19.4. The smallest absolute Gasteiger partial charge is 0.349 e. The van der Waals surface area contributed by atoms with E-state index in [-0.39, 0.29) is 12.2 Å². The molecule has 0 saturated carbocycles. The summed E-state index contributed by atoms with van der Waals surface area (Å²) < 4.78 is 37.6. The molecule has 1 N–H and O–H groups in total. The van der Waals surface area contributed by atoms with Crippen molar-refractivity contribution in [1.29, 1.82) is 0 Å². The van der Waals surface area contributed by atoms with Crippen LogP contribution >= 0.6 is 0 Å². The van der Waals surface area contributed by atoms with Crippen molar-refractivity contribution in [3.8, 4) is 0 Å². The van der Waals surface area contributed by atoms with E-state index in [0.29, 0.717) is 5.56 Å². The first kappa shape index (κ1) is 15.2. The Morgan fingerprint density at radius 3 is 2.47 bits per heavy atom. The van der Waals surface area contributed by atoms with Crippen LogP contribution in [-0.4, -0.2) is 11.7 Å². The van der Waals surface area contributed by atoms with Gasteiger partial charge in [0.15, 0.2) is 0 Å². The Labute approximate surface area is 108 Å². The predicted molar refractivity (Wildman–Crippen MR) is 63.3 cm³/mol. The molecule has 0 saturated heterocycles. The average molecular weight is 273 g/mol. The van der Waals surface area contributed by atoms with Gasteiger partial charge in [0.25, 0.3) is 0 Å². The van der Waals surface area contributed by atoms with Crippen molar-refractivity contribution >= 4 is 11.7 Å². The molecule has 1 amide bonds. The Bertz CT molecular complexity index is 483. The van der Waals surface area contributed by atoms with Crippen molar-refractivity contribution in [2.45, 2.75) is 32.5 Å². The van der Waals surface area contributed by atoms with Gasteiger partial charge in [-0.1, -0.05) is 12.1 Å². The summed E-state index contributed by atoms with van der Waals surface area (Å²) in [5.41, 5.74) is -0.426. The van der Waals surface area contributed by atoms with Crippen LogP contribution in [0, 0.1) is 0 Å². The van der Waals surface area contributed by atoms with E-state index < -0.39 is 23.7 Å². The molecule has 1 aromatic carbocycles. The van der Waals surface area contributed by atoms with E-state index in [2.05, 4.69) is 5.32 Å². The van der Waals surface area contributed by atoms with Gasteiger partial charge in [0.1, 0.15) is 5.78 Å². The minimum atomic E-state index is -4.42. The number of nitrogens with one attached hydrogen (secondary N) is 1. The maximum Gasteiger partial charge on any atom is 0.416 e. The van der Waals surface area contributed by atoms with Gasteiger partial charge in [-0.25, -0.2) is 0 Å². The van der Waals surface area contributed by atoms with Crippen LogP contribution in [-0.2, 0) is 15.8 Å². The van der Waals surface area contributed by atoms with Crippen LogP contribution in [0.2, 0.25) is 0 Å². The SMILES string of the molecule is CC(=O)CC(=O)NC(C)c1cccc(C(F)(F)F)c1. The lowest BCUT2D eigenvalue weighted by molar-refractivity contribution is -0.137. The van der Waals surface area contributed by atoms with E-state index in [1.165, 1.54) is 19.1 Å². The van der Waals surface area contributed by atoms with E-state index in [9.17, 15) is 22.8 Å². The van der Waals surface area contributed by atoms with E-state index in [1.807, 2.05) is 0 Å². The molecule has 0 aromatic heterocycles. The Kier molecular flexibility index (Phi) is 4.69. The number of hydrogen-bond donors (Lipinski definition) is 1. The van der Waals surface area contributed by atoms with Crippen molar-refractivity contribution in [1.82, 2.24) is 5.32 Å². The minimum absolute atomic E-state index is 0.275. The fourth-order valence-electron chi connectivity index (χ4n) is 1.59. The summed E-state index contributed by atoms with van der Waals surface area (Å²) in [7, 11) is 0. The summed E-state index contributed by atoms with van der Waals surface area (Å²) in [5.74, 6) is -0.800. The highest BCUT2D eigenvalue weighted by molar-refractivity contribution is 5.96. The molecular weight excluding hydrogens is 259 g/mol. The topological polar surface area (TPSA) is 46.2 Å². The maximum atomic E-state index is 12.5. The molecule has 0 aliphatic rings. The van der Waals surface area contributed by atoms with Crippen LogP contribution in [0.4, 0.5) is 13.2 Å². The Balaban J connectivity index is 2.80. The molecule has 0 bridgehead atoms. The molecule has 3 nitrogen and oxygen atoms in total. The summed E-state index contributed by atoms with van der Waals surface area (Å²) >= 11 is 0. The molecule has 1 aromatic rings. The molecule has 0 aliphatic heterocycles. The zero-order valence-corrected chi connectivity index (χ0v) is 10.5. The number of ketones is 1. The molecule has 1 unspecified atom stereocenters. The molecule has 1 atom stereocenters. The third-order valence-corrected chi connectivity index (χ3v) is 2.50.